The number of rotatable bonds is 3. The summed E-state index contributed by atoms with van der Waals surface area (Å²) in [7, 11) is -1.82. The number of para-hydroxylation sites is 1. The topological polar surface area (TPSA) is 57.7 Å². The molecule has 0 bridgehead atoms. The van der Waals surface area contributed by atoms with Crippen molar-refractivity contribution in [2.45, 2.75) is 19.4 Å². The maximum atomic E-state index is 12.9. The van der Waals surface area contributed by atoms with Gasteiger partial charge in [-0.3, -0.25) is 9.10 Å². The van der Waals surface area contributed by atoms with Crippen molar-refractivity contribution in [2.75, 3.05) is 22.5 Å². The lowest BCUT2D eigenvalue weighted by atomic mass is 10.1. The van der Waals surface area contributed by atoms with Crippen LogP contribution in [0.5, 0.6) is 0 Å². The van der Waals surface area contributed by atoms with E-state index in [-0.39, 0.29) is 11.9 Å². The number of benzene rings is 2. The Hall–Kier alpha value is -2.34. The van der Waals surface area contributed by atoms with Gasteiger partial charge in [-0.1, -0.05) is 18.2 Å². The molecule has 0 aliphatic carbocycles. The molecule has 1 amide bonds. The van der Waals surface area contributed by atoms with Gasteiger partial charge in [0, 0.05) is 24.3 Å². The zero-order valence-electron chi connectivity index (χ0n) is 13.9. The van der Waals surface area contributed by atoms with Gasteiger partial charge in [0.2, 0.25) is 10.0 Å². The fourth-order valence-electron chi connectivity index (χ4n) is 3.02. The standard InChI is InChI=1S/C18H20N2O3S/c1-13-12-15-6-4-5-7-17(15)20(13)18(21)14-8-10-16(11-9-14)19(2)24(3,22)23/h4-11,13H,12H2,1-3H3. The number of anilines is 2. The maximum Gasteiger partial charge on any atom is 0.258 e. The number of hydrogen-bond acceptors (Lipinski definition) is 3. The van der Waals surface area contributed by atoms with E-state index in [2.05, 4.69) is 0 Å². The van der Waals surface area contributed by atoms with E-state index in [1.807, 2.05) is 36.1 Å². The van der Waals surface area contributed by atoms with Crippen molar-refractivity contribution in [3.63, 3.8) is 0 Å². The van der Waals surface area contributed by atoms with Gasteiger partial charge in [0.05, 0.1) is 11.9 Å². The third kappa shape index (κ3) is 2.89. The number of amides is 1. The molecule has 0 aromatic heterocycles. The highest BCUT2D eigenvalue weighted by Crippen LogP contribution is 2.33. The normalized spacial score (nSPS) is 16.8. The maximum absolute atomic E-state index is 12.9. The summed E-state index contributed by atoms with van der Waals surface area (Å²) in [5, 5.41) is 0. The first kappa shape index (κ1) is 16.5. The van der Waals surface area contributed by atoms with Crippen LogP contribution in [0.4, 0.5) is 11.4 Å². The molecule has 3 rings (SSSR count). The van der Waals surface area contributed by atoms with Crippen molar-refractivity contribution in [3.05, 3.63) is 59.7 Å². The fraction of sp³-hybridized carbons (Fsp3) is 0.278. The predicted molar refractivity (Wildman–Crippen MR) is 96.1 cm³/mol. The van der Waals surface area contributed by atoms with E-state index in [1.165, 1.54) is 16.9 Å². The number of carbonyl (C=O) groups is 1. The molecule has 1 unspecified atom stereocenters. The molecule has 126 valence electrons. The average molecular weight is 344 g/mol. The molecule has 0 spiro atoms. The average Bonchev–Trinajstić information content (AvgIpc) is 2.88. The van der Waals surface area contributed by atoms with Crippen molar-refractivity contribution in [3.8, 4) is 0 Å². The van der Waals surface area contributed by atoms with Gasteiger partial charge in [-0.25, -0.2) is 8.42 Å². The summed E-state index contributed by atoms with van der Waals surface area (Å²) in [5.74, 6) is -0.0685. The molecule has 1 atom stereocenters. The van der Waals surface area contributed by atoms with Gasteiger partial charge < -0.3 is 4.90 Å². The molecule has 5 nitrogen and oxygen atoms in total. The summed E-state index contributed by atoms with van der Waals surface area (Å²) in [6.45, 7) is 2.03. The summed E-state index contributed by atoms with van der Waals surface area (Å²) in [6, 6.07) is 14.7. The lowest BCUT2D eigenvalue weighted by Crippen LogP contribution is -2.35. The highest BCUT2D eigenvalue weighted by Gasteiger charge is 2.31. The molecule has 0 saturated carbocycles. The van der Waals surface area contributed by atoms with E-state index < -0.39 is 10.0 Å². The second kappa shape index (κ2) is 5.94. The Morgan fingerprint density at radius 3 is 2.38 bits per heavy atom. The third-order valence-corrected chi connectivity index (χ3v) is 5.61. The lowest BCUT2D eigenvalue weighted by molar-refractivity contribution is 0.0981. The van der Waals surface area contributed by atoms with Crippen LogP contribution in [0, 0.1) is 0 Å². The number of fused-ring (bicyclic) bond motifs is 1. The Morgan fingerprint density at radius 1 is 1.12 bits per heavy atom. The molecule has 1 aliphatic rings. The number of sulfonamides is 1. The van der Waals surface area contributed by atoms with Crippen molar-refractivity contribution in [1.29, 1.82) is 0 Å². The van der Waals surface area contributed by atoms with Gasteiger partial charge in [0.1, 0.15) is 0 Å². The zero-order chi connectivity index (χ0) is 17.5. The van der Waals surface area contributed by atoms with Crippen LogP contribution < -0.4 is 9.21 Å². The molecule has 0 radical (unpaired) electrons. The van der Waals surface area contributed by atoms with Crippen LogP contribution in [0.2, 0.25) is 0 Å². The third-order valence-electron chi connectivity index (χ3n) is 4.40. The molecular formula is C18H20N2O3S. The highest BCUT2D eigenvalue weighted by atomic mass is 32.2. The van der Waals surface area contributed by atoms with Crippen LogP contribution in [-0.2, 0) is 16.4 Å². The van der Waals surface area contributed by atoms with Gasteiger partial charge in [-0.05, 0) is 49.2 Å². The molecule has 1 aliphatic heterocycles. The molecule has 0 N–H and O–H groups in total. The SMILES string of the molecule is CC1Cc2ccccc2N1C(=O)c1ccc(N(C)S(C)(=O)=O)cc1. The summed E-state index contributed by atoms with van der Waals surface area (Å²) >= 11 is 0. The van der Waals surface area contributed by atoms with Gasteiger partial charge in [0.25, 0.3) is 5.91 Å². The fourth-order valence-corrected chi connectivity index (χ4v) is 3.52. The lowest BCUT2D eigenvalue weighted by Gasteiger charge is -2.23. The summed E-state index contributed by atoms with van der Waals surface area (Å²) < 4.78 is 24.4. The molecule has 2 aromatic carbocycles. The van der Waals surface area contributed by atoms with Crippen LogP contribution in [0.15, 0.2) is 48.5 Å². The van der Waals surface area contributed by atoms with Crippen LogP contribution in [0.1, 0.15) is 22.8 Å². The molecule has 1 heterocycles. The molecule has 0 fully saturated rings. The van der Waals surface area contributed by atoms with Crippen LogP contribution in [0.3, 0.4) is 0 Å². The summed E-state index contributed by atoms with van der Waals surface area (Å²) in [5.41, 5.74) is 3.20. The van der Waals surface area contributed by atoms with Gasteiger partial charge in [0.15, 0.2) is 0 Å². The van der Waals surface area contributed by atoms with E-state index in [0.29, 0.717) is 11.3 Å². The quantitative estimate of drug-likeness (QED) is 0.860. The van der Waals surface area contributed by atoms with Gasteiger partial charge in [-0.2, -0.15) is 0 Å². The van der Waals surface area contributed by atoms with Gasteiger partial charge >= 0.3 is 0 Å². The smallest absolute Gasteiger partial charge is 0.258 e. The minimum absolute atomic E-state index is 0.0685. The van der Waals surface area contributed by atoms with E-state index >= 15 is 0 Å². The van der Waals surface area contributed by atoms with E-state index in [4.69, 9.17) is 0 Å². The van der Waals surface area contributed by atoms with Crippen molar-refractivity contribution >= 4 is 27.3 Å². The van der Waals surface area contributed by atoms with Gasteiger partial charge in [-0.15, -0.1) is 0 Å². The minimum atomic E-state index is -3.32. The first-order valence-electron chi connectivity index (χ1n) is 7.74. The summed E-state index contributed by atoms with van der Waals surface area (Å²) in [6.07, 6.45) is 1.99. The Balaban J connectivity index is 1.89. The molecule has 2 aromatic rings. The van der Waals surface area contributed by atoms with E-state index in [1.54, 1.807) is 24.3 Å². The summed E-state index contributed by atoms with van der Waals surface area (Å²) in [4.78, 5) is 14.7. The monoisotopic (exact) mass is 344 g/mol. The largest absolute Gasteiger partial charge is 0.305 e. The first-order valence-corrected chi connectivity index (χ1v) is 9.59. The highest BCUT2D eigenvalue weighted by molar-refractivity contribution is 7.92. The molecule has 24 heavy (non-hydrogen) atoms. The predicted octanol–water partition coefficient (Wildman–Crippen LogP) is 2.67. The Morgan fingerprint density at radius 2 is 1.75 bits per heavy atom. The Kier molecular flexibility index (Phi) is 4.09. The van der Waals surface area contributed by atoms with Crippen LogP contribution >= 0.6 is 0 Å². The van der Waals surface area contributed by atoms with E-state index in [9.17, 15) is 13.2 Å². The molecule has 6 heteroatoms. The zero-order valence-corrected chi connectivity index (χ0v) is 14.7. The second-order valence-electron chi connectivity index (χ2n) is 6.13. The van der Waals surface area contributed by atoms with Crippen LogP contribution in [-0.4, -0.2) is 33.7 Å². The van der Waals surface area contributed by atoms with Crippen LogP contribution in [0.25, 0.3) is 0 Å². The molecular weight excluding hydrogens is 324 g/mol. The molecule has 0 saturated heterocycles. The Labute approximate surface area is 142 Å². The minimum Gasteiger partial charge on any atom is -0.305 e. The Bertz CT molecular complexity index is 875. The van der Waals surface area contributed by atoms with Crippen molar-refractivity contribution in [1.82, 2.24) is 0 Å². The first-order chi connectivity index (χ1) is 11.3. The number of carbonyl (C=O) groups excluding carboxylic acids is 1. The number of hydrogen-bond donors (Lipinski definition) is 0. The van der Waals surface area contributed by atoms with E-state index in [0.717, 1.165) is 18.4 Å². The van der Waals surface area contributed by atoms with Crippen molar-refractivity contribution < 1.29 is 13.2 Å². The van der Waals surface area contributed by atoms with Crippen molar-refractivity contribution in [2.24, 2.45) is 0 Å². The number of nitrogens with zero attached hydrogens (tertiary/aromatic N) is 2. The second-order valence-corrected chi connectivity index (χ2v) is 8.15.